The fourth-order valence-corrected chi connectivity index (χ4v) is 3.56. The van der Waals surface area contributed by atoms with Crippen LogP contribution >= 0.6 is 11.6 Å². The van der Waals surface area contributed by atoms with Crippen molar-refractivity contribution in [3.05, 3.63) is 88.4 Å². The smallest absolute Gasteiger partial charge is 0.135 e. The van der Waals surface area contributed by atoms with E-state index in [9.17, 15) is 8.78 Å². The molecule has 0 spiro atoms. The lowest BCUT2D eigenvalue weighted by Gasteiger charge is -2.11. The van der Waals surface area contributed by atoms with E-state index < -0.39 is 11.6 Å². The molecule has 128 valence electrons. The van der Waals surface area contributed by atoms with E-state index in [0.717, 1.165) is 22.7 Å². The van der Waals surface area contributed by atoms with Crippen LogP contribution in [-0.2, 0) is 6.54 Å². The number of aliphatic imine (C=N–C) groups is 1. The molecule has 0 bridgehead atoms. The van der Waals surface area contributed by atoms with Gasteiger partial charge in [-0.2, -0.15) is 0 Å². The lowest BCUT2D eigenvalue weighted by Crippen LogP contribution is -2.08. The number of fused-ring (bicyclic) bond motifs is 4. The fraction of sp³-hybridized carbons (Fsp3) is 0.0500. The summed E-state index contributed by atoms with van der Waals surface area (Å²) in [5.41, 5.74) is 3.78. The zero-order chi connectivity index (χ0) is 17.8. The molecule has 2 aromatic heterocycles. The van der Waals surface area contributed by atoms with Crippen molar-refractivity contribution in [3.63, 3.8) is 0 Å². The van der Waals surface area contributed by atoms with E-state index in [-0.39, 0.29) is 6.54 Å². The van der Waals surface area contributed by atoms with Gasteiger partial charge in [0.25, 0.3) is 0 Å². The van der Waals surface area contributed by atoms with Crippen LogP contribution in [0.3, 0.4) is 0 Å². The Morgan fingerprint density at radius 2 is 2.00 bits per heavy atom. The van der Waals surface area contributed by atoms with E-state index >= 15 is 0 Å². The molecule has 1 aliphatic rings. The molecular weight excluding hydrogens is 358 g/mol. The fourth-order valence-electron chi connectivity index (χ4n) is 3.37. The molecule has 5 rings (SSSR count). The van der Waals surface area contributed by atoms with Crippen LogP contribution in [0.25, 0.3) is 16.7 Å². The highest BCUT2D eigenvalue weighted by Crippen LogP contribution is 2.31. The first-order chi connectivity index (χ1) is 12.6. The van der Waals surface area contributed by atoms with E-state index in [4.69, 9.17) is 16.0 Å². The van der Waals surface area contributed by atoms with Crippen LogP contribution in [0.4, 0.5) is 8.78 Å². The molecule has 0 saturated carbocycles. The van der Waals surface area contributed by atoms with Gasteiger partial charge in [0.2, 0.25) is 0 Å². The van der Waals surface area contributed by atoms with Crippen molar-refractivity contribution in [1.82, 2.24) is 4.57 Å². The number of furan rings is 1. The Kier molecular flexibility index (Phi) is 3.27. The zero-order valence-electron chi connectivity index (χ0n) is 13.3. The van der Waals surface area contributed by atoms with Gasteiger partial charge in [0.05, 0.1) is 28.7 Å². The molecule has 0 aliphatic carbocycles. The average molecular weight is 369 g/mol. The van der Waals surface area contributed by atoms with E-state index in [0.29, 0.717) is 27.6 Å². The van der Waals surface area contributed by atoms with Gasteiger partial charge < -0.3 is 8.98 Å². The van der Waals surface area contributed by atoms with Crippen LogP contribution in [0.1, 0.15) is 16.8 Å². The van der Waals surface area contributed by atoms with Crippen LogP contribution in [0.2, 0.25) is 5.02 Å². The van der Waals surface area contributed by atoms with Gasteiger partial charge in [0.15, 0.2) is 0 Å². The number of hydrogen-bond donors (Lipinski definition) is 0. The first-order valence-electron chi connectivity index (χ1n) is 7.99. The van der Waals surface area contributed by atoms with Crippen molar-refractivity contribution < 1.29 is 13.2 Å². The molecule has 0 unspecified atom stereocenters. The molecule has 26 heavy (non-hydrogen) atoms. The predicted octanol–water partition coefficient (Wildman–Crippen LogP) is 5.51. The Morgan fingerprint density at radius 1 is 1.12 bits per heavy atom. The number of hydrogen-bond acceptors (Lipinski definition) is 2. The Bertz CT molecular complexity index is 1210. The molecule has 1 aliphatic heterocycles. The average Bonchev–Trinajstić information content (AvgIpc) is 3.20. The maximum Gasteiger partial charge on any atom is 0.135 e. The summed E-state index contributed by atoms with van der Waals surface area (Å²) in [4.78, 5) is 4.62. The normalized spacial score (nSPS) is 13.3. The van der Waals surface area contributed by atoms with Crippen molar-refractivity contribution >= 4 is 28.3 Å². The topological polar surface area (TPSA) is 30.4 Å². The van der Waals surface area contributed by atoms with Gasteiger partial charge in [-0.3, -0.25) is 4.99 Å². The summed E-state index contributed by atoms with van der Waals surface area (Å²) in [7, 11) is 0. The number of rotatable bonds is 1. The second-order valence-electron chi connectivity index (χ2n) is 6.11. The Hall–Kier alpha value is -2.92. The molecule has 2 aromatic carbocycles. The van der Waals surface area contributed by atoms with Gasteiger partial charge in [0.1, 0.15) is 23.5 Å². The maximum absolute atomic E-state index is 14.3. The lowest BCUT2D eigenvalue weighted by molar-refractivity contribution is 0.571. The number of halogens is 3. The van der Waals surface area contributed by atoms with Crippen LogP contribution in [0.15, 0.2) is 64.3 Å². The predicted molar refractivity (Wildman–Crippen MR) is 96.3 cm³/mol. The van der Waals surface area contributed by atoms with Gasteiger partial charge in [-0.15, -0.1) is 0 Å². The molecule has 0 fully saturated rings. The molecule has 0 atom stereocenters. The summed E-state index contributed by atoms with van der Waals surface area (Å²) in [5, 5.41) is 1.30. The highest BCUT2D eigenvalue weighted by Gasteiger charge is 2.22. The van der Waals surface area contributed by atoms with Crippen molar-refractivity contribution in [2.75, 3.05) is 0 Å². The van der Waals surface area contributed by atoms with Crippen LogP contribution in [-0.4, -0.2) is 10.3 Å². The van der Waals surface area contributed by atoms with Gasteiger partial charge in [-0.1, -0.05) is 11.6 Å². The number of aromatic nitrogens is 1. The molecule has 3 heterocycles. The van der Waals surface area contributed by atoms with Gasteiger partial charge in [-0.05, 0) is 36.4 Å². The largest absolute Gasteiger partial charge is 0.463 e. The van der Waals surface area contributed by atoms with Crippen molar-refractivity contribution in [2.45, 2.75) is 6.54 Å². The summed E-state index contributed by atoms with van der Waals surface area (Å²) in [6.07, 6.45) is 3.26. The van der Waals surface area contributed by atoms with Crippen molar-refractivity contribution in [3.8, 4) is 5.69 Å². The van der Waals surface area contributed by atoms with E-state index in [1.54, 1.807) is 10.8 Å². The first-order valence-corrected chi connectivity index (χ1v) is 8.37. The summed E-state index contributed by atoms with van der Waals surface area (Å²) in [6.45, 7) is 0.121. The lowest BCUT2D eigenvalue weighted by atomic mass is 10.1. The zero-order valence-corrected chi connectivity index (χ0v) is 14.1. The minimum atomic E-state index is -0.615. The quantitative estimate of drug-likeness (QED) is 0.436. The minimum Gasteiger partial charge on any atom is -0.463 e. The molecule has 3 nitrogen and oxygen atoms in total. The monoisotopic (exact) mass is 368 g/mol. The van der Waals surface area contributed by atoms with Gasteiger partial charge in [-0.25, -0.2) is 8.78 Å². The Labute approximate surface area is 152 Å². The van der Waals surface area contributed by atoms with Crippen LogP contribution in [0, 0.1) is 11.6 Å². The summed E-state index contributed by atoms with van der Waals surface area (Å²) in [6, 6.07) is 11.5. The second kappa shape index (κ2) is 5.54. The molecule has 0 N–H and O–H groups in total. The molecule has 0 radical (unpaired) electrons. The molecule has 4 aromatic rings. The van der Waals surface area contributed by atoms with E-state index in [2.05, 4.69) is 4.99 Å². The highest BCUT2D eigenvalue weighted by atomic mass is 35.5. The van der Waals surface area contributed by atoms with Crippen molar-refractivity contribution in [2.24, 2.45) is 4.99 Å². The first kappa shape index (κ1) is 15.3. The molecular formula is C20H11ClF2N2O. The third-order valence-electron chi connectivity index (χ3n) is 4.58. The van der Waals surface area contributed by atoms with Crippen molar-refractivity contribution in [1.29, 1.82) is 0 Å². The minimum absolute atomic E-state index is 0.121. The van der Waals surface area contributed by atoms with Gasteiger partial charge >= 0.3 is 0 Å². The van der Waals surface area contributed by atoms with Crippen LogP contribution in [0.5, 0.6) is 0 Å². The summed E-state index contributed by atoms with van der Waals surface area (Å²) < 4.78 is 35.2. The third kappa shape index (κ3) is 2.21. The number of benzene rings is 2. The molecule has 0 saturated heterocycles. The SMILES string of the molecule is Fc1cc(F)c2c(c1)-n1cccc1C(c1ccc3occ(Cl)c3c1)=NC2. The standard InChI is InChI=1S/C20H11ClF2N2O/c21-15-10-26-19-4-3-11(6-13(15)19)20-17-2-1-5-25(17)18-8-12(22)7-16(23)14(18)9-24-20/h1-8,10H,9H2. The third-order valence-corrected chi connectivity index (χ3v) is 4.88. The molecule has 0 amide bonds. The summed E-state index contributed by atoms with van der Waals surface area (Å²) >= 11 is 6.18. The Balaban J connectivity index is 1.74. The van der Waals surface area contributed by atoms with E-state index in [1.165, 1.54) is 12.3 Å². The molecule has 6 heteroatoms. The van der Waals surface area contributed by atoms with Crippen LogP contribution < -0.4 is 0 Å². The Morgan fingerprint density at radius 3 is 2.88 bits per heavy atom. The maximum atomic E-state index is 14.3. The summed E-state index contributed by atoms with van der Waals surface area (Å²) in [5.74, 6) is -1.21. The number of nitrogens with zero attached hydrogens (tertiary/aromatic N) is 2. The highest BCUT2D eigenvalue weighted by molar-refractivity contribution is 6.35. The second-order valence-corrected chi connectivity index (χ2v) is 6.52. The van der Waals surface area contributed by atoms with E-state index in [1.807, 2.05) is 30.3 Å². The van der Waals surface area contributed by atoms with Gasteiger partial charge in [0, 0.05) is 28.8 Å².